The van der Waals surface area contributed by atoms with Crippen LogP contribution in [0.15, 0.2) is 237 Å². The molecule has 0 unspecified atom stereocenters. The summed E-state index contributed by atoms with van der Waals surface area (Å²) in [5, 5.41) is 26.2. The molecule has 0 aliphatic carbocycles. The molecule has 0 saturated carbocycles. The standard InChI is InChI=1S/C69H42N10/c1-43-30-33-52(50(36-43)41-70)57-40-62(78-58-28-16-14-26-53(58)55-37-48(31-34-60(55)78)68-74-64(44-18-6-2-7-19-44)72-65(75-68)45-20-8-3-9-21-45)51(42-71)39-63(57)79-59-29-17-15-27-54(59)56-38-49(32-35-61(56)79)69-76-66(46-22-10-4-11-23-46)73-67(77-69)47-24-12-5-13-25-47/h2-40H,1H3. The highest BCUT2D eigenvalue weighted by Gasteiger charge is 2.25. The molecule has 0 amide bonds. The number of para-hydroxylation sites is 2. The first-order valence-electron chi connectivity index (χ1n) is 25.9. The number of aryl methyl sites for hydroxylation is 1. The Balaban J connectivity index is 0.976. The van der Waals surface area contributed by atoms with E-state index in [1.165, 1.54) is 0 Å². The summed E-state index contributed by atoms with van der Waals surface area (Å²) < 4.78 is 4.38. The van der Waals surface area contributed by atoms with E-state index in [1.54, 1.807) is 0 Å². The summed E-state index contributed by atoms with van der Waals surface area (Å²) in [4.78, 5) is 30.2. The van der Waals surface area contributed by atoms with E-state index in [2.05, 4.69) is 81.9 Å². The van der Waals surface area contributed by atoms with Gasteiger partial charge in [-0.05, 0) is 79.2 Å². The highest BCUT2D eigenvalue weighted by Crippen LogP contribution is 2.43. The lowest BCUT2D eigenvalue weighted by atomic mass is 9.94. The van der Waals surface area contributed by atoms with Gasteiger partial charge in [0.2, 0.25) is 0 Å². The average Bonchev–Trinajstić information content (AvgIpc) is 4.02. The van der Waals surface area contributed by atoms with Crippen molar-refractivity contribution in [3.63, 3.8) is 0 Å². The number of aromatic nitrogens is 8. The summed E-state index contributed by atoms with van der Waals surface area (Å²) in [6.45, 7) is 1.99. The van der Waals surface area contributed by atoms with Crippen molar-refractivity contribution >= 4 is 43.6 Å². The zero-order chi connectivity index (χ0) is 53.0. The Morgan fingerprint density at radius 3 is 1.08 bits per heavy atom. The van der Waals surface area contributed by atoms with Crippen molar-refractivity contribution in [2.24, 2.45) is 0 Å². The second kappa shape index (κ2) is 19.2. The fourth-order valence-corrected chi connectivity index (χ4v) is 10.9. The van der Waals surface area contributed by atoms with E-state index in [0.29, 0.717) is 51.8 Å². The van der Waals surface area contributed by atoms with Gasteiger partial charge in [0.1, 0.15) is 6.07 Å². The molecule has 368 valence electrons. The molecule has 79 heavy (non-hydrogen) atoms. The number of benzene rings is 10. The molecule has 10 nitrogen and oxygen atoms in total. The first kappa shape index (κ1) is 46.3. The number of hydrogen-bond acceptors (Lipinski definition) is 8. The molecule has 0 N–H and O–H groups in total. The van der Waals surface area contributed by atoms with Crippen LogP contribution in [-0.4, -0.2) is 39.0 Å². The summed E-state index contributed by atoms with van der Waals surface area (Å²) in [7, 11) is 0. The number of nitriles is 2. The largest absolute Gasteiger partial charge is 0.309 e. The van der Waals surface area contributed by atoms with E-state index in [9.17, 15) is 10.5 Å². The summed E-state index contributed by atoms with van der Waals surface area (Å²) >= 11 is 0. The van der Waals surface area contributed by atoms with Gasteiger partial charge < -0.3 is 9.13 Å². The van der Waals surface area contributed by atoms with E-state index < -0.39 is 0 Å². The fraction of sp³-hybridized carbons (Fsp3) is 0.0145. The topological polar surface area (TPSA) is 135 Å². The molecule has 10 heteroatoms. The van der Waals surface area contributed by atoms with Gasteiger partial charge in [-0.3, -0.25) is 0 Å². The first-order chi connectivity index (χ1) is 39.0. The smallest absolute Gasteiger partial charge is 0.164 e. The van der Waals surface area contributed by atoms with Crippen molar-refractivity contribution in [1.29, 1.82) is 10.5 Å². The molecule has 4 heterocycles. The van der Waals surface area contributed by atoms with Crippen LogP contribution >= 0.6 is 0 Å². The summed E-state index contributed by atoms with van der Waals surface area (Å²) in [6.07, 6.45) is 0. The lowest BCUT2D eigenvalue weighted by Crippen LogP contribution is -2.04. The van der Waals surface area contributed by atoms with Gasteiger partial charge in [0, 0.05) is 66.1 Å². The Labute approximate surface area is 454 Å². The van der Waals surface area contributed by atoms with Crippen molar-refractivity contribution in [2.45, 2.75) is 6.92 Å². The van der Waals surface area contributed by atoms with Crippen LogP contribution in [0.3, 0.4) is 0 Å². The second-order valence-corrected chi connectivity index (χ2v) is 19.4. The molecule has 10 aromatic carbocycles. The maximum Gasteiger partial charge on any atom is 0.164 e. The number of hydrogen-bond donors (Lipinski definition) is 0. The molecular weight excluding hydrogens is 969 g/mol. The van der Waals surface area contributed by atoms with Crippen LogP contribution in [0, 0.1) is 29.6 Å². The van der Waals surface area contributed by atoms with Gasteiger partial charge >= 0.3 is 0 Å². The third kappa shape index (κ3) is 8.13. The predicted molar refractivity (Wildman–Crippen MR) is 314 cm³/mol. The minimum atomic E-state index is 0.447. The molecule has 0 aliphatic rings. The molecule has 0 atom stereocenters. The Kier molecular flexibility index (Phi) is 11.3. The zero-order valence-electron chi connectivity index (χ0n) is 42.5. The average molecular weight is 1010 g/mol. The van der Waals surface area contributed by atoms with Crippen LogP contribution in [0.5, 0.6) is 0 Å². The lowest BCUT2D eigenvalue weighted by molar-refractivity contribution is 1.07. The van der Waals surface area contributed by atoms with E-state index in [4.69, 9.17) is 29.9 Å². The van der Waals surface area contributed by atoms with Gasteiger partial charge in [0.25, 0.3) is 0 Å². The predicted octanol–water partition coefficient (Wildman–Crippen LogP) is 16.0. The van der Waals surface area contributed by atoms with Gasteiger partial charge in [-0.15, -0.1) is 0 Å². The van der Waals surface area contributed by atoms with Crippen molar-refractivity contribution < 1.29 is 0 Å². The molecular formula is C69H42N10. The van der Waals surface area contributed by atoms with Crippen molar-refractivity contribution in [2.75, 3.05) is 0 Å². The van der Waals surface area contributed by atoms with Crippen molar-refractivity contribution in [3.8, 4) is 103 Å². The number of nitrogens with zero attached hydrogens (tertiary/aromatic N) is 10. The Hall–Kier alpha value is -11.2. The van der Waals surface area contributed by atoms with E-state index in [0.717, 1.165) is 99.4 Å². The van der Waals surface area contributed by atoms with Gasteiger partial charge in [-0.1, -0.05) is 170 Å². The Bertz CT molecular complexity index is 4690. The fourth-order valence-electron chi connectivity index (χ4n) is 10.9. The summed E-state index contributed by atoms with van der Waals surface area (Å²) in [6, 6.07) is 84.1. The van der Waals surface area contributed by atoms with Gasteiger partial charge in [-0.25, -0.2) is 29.9 Å². The molecule has 0 aliphatic heterocycles. The monoisotopic (exact) mass is 1010 g/mol. The van der Waals surface area contributed by atoms with Crippen LogP contribution in [-0.2, 0) is 0 Å². The SMILES string of the molecule is Cc1ccc(-c2cc(-n3c4ccccc4c4cc(-c5nc(-c6ccccc6)nc(-c6ccccc6)n5)ccc43)c(C#N)cc2-n2c3ccccc3c3cc(-c4nc(-c5ccccc5)nc(-c5ccccc5)n4)ccc32)c(C#N)c1. The van der Waals surface area contributed by atoms with Crippen LogP contribution in [0.4, 0.5) is 0 Å². The minimum absolute atomic E-state index is 0.447. The Morgan fingerprint density at radius 1 is 0.291 bits per heavy atom. The highest BCUT2D eigenvalue weighted by molar-refractivity contribution is 6.12. The summed E-state index contributed by atoms with van der Waals surface area (Å²) in [5.74, 6) is 3.39. The molecule has 14 rings (SSSR count). The molecule has 0 spiro atoms. The van der Waals surface area contributed by atoms with E-state index in [1.807, 2.05) is 183 Å². The number of fused-ring (bicyclic) bond motifs is 6. The van der Waals surface area contributed by atoms with E-state index >= 15 is 0 Å². The third-order valence-corrected chi connectivity index (χ3v) is 14.6. The first-order valence-corrected chi connectivity index (χ1v) is 25.9. The van der Waals surface area contributed by atoms with Gasteiger partial charge in [0.15, 0.2) is 34.9 Å². The zero-order valence-corrected chi connectivity index (χ0v) is 42.5. The van der Waals surface area contributed by atoms with Gasteiger partial charge in [0.05, 0.1) is 50.6 Å². The molecule has 0 saturated heterocycles. The van der Waals surface area contributed by atoms with E-state index in [-0.39, 0.29) is 0 Å². The molecule has 4 aromatic heterocycles. The molecule has 14 aromatic rings. The van der Waals surface area contributed by atoms with Crippen molar-refractivity contribution in [1.82, 2.24) is 39.0 Å². The quantitative estimate of drug-likeness (QED) is 0.139. The van der Waals surface area contributed by atoms with Gasteiger partial charge in [-0.2, -0.15) is 10.5 Å². The van der Waals surface area contributed by atoms with Crippen LogP contribution in [0.2, 0.25) is 0 Å². The lowest BCUT2D eigenvalue weighted by Gasteiger charge is -2.19. The number of rotatable bonds is 9. The normalized spacial score (nSPS) is 11.3. The van der Waals surface area contributed by atoms with Crippen LogP contribution < -0.4 is 0 Å². The maximum absolute atomic E-state index is 11.4. The van der Waals surface area contributed by atoms with Crippen LogP contribution in [0.1, 0.15) is 16.7 Å². The minimum Gasteiger partial charge on any atom is -0.309 e. The Morgan fingerprint density at radius 2 is 0.658 bits per heavy atom. The summed E-state index contributed by atoms with van der Waals surface area (Å²) in [5.41, 5.74) is 13.7. The van der Waals surface area contributed by atoms with Crippen molar-refractivity contribution in [3.05, 3.63) is 253 Å². The molecule has 0 fully saturated rings. The third-order valence-electron chi connectivity index (χ3n) is 14.6. The molecule has 0 radical (unpaired) electrons. The second-order valence-electron chi connectivity index (χ2n) is 19.4. The van der Waals surface area contributed by atoms with Crippen LogP contribution in [0.25, 0.3) is 134 Å². The highest BCUT2D eigenvalue weighted by atomic mass is 15.1. The maximum atomic E-state index is 11.4. The molecule has 0 bridgehead atoms.